The highest BCUT2D eigenvalue weighted by Gasteiger charge is 2.57. The molecule has 0 radical (unpaired) electrons. The molecule has 3 atom stereocenters. The maximum atomic E-state index is 14.0. The Morgan fingerprint density at radius 3 is 2.33 bits per heavy atom. The Balaban J connectivity index is 1.27. The summed E-state index contributed by atoms with van der Waals surface area (Å²) in [5, 5.41) is 4.02. The van der Waals surface area contributed by atoms with Crippen LogP contribution in [0.3, 0.4) is 0 Å². The summed E-state index contributed by atoms with van der Waals surface area (Å²) >= 11 is 1.90. The molecule has 0 bridgehead atoms. The third-order valence-corrected chi connectivity index (χ3v) is 10.6. The predicted octanol–water partition coefficient (Wildman–Crippen LogP) is 6.52. The fraction of sp³-hybridized carbons (Fsp3) is 0.152. The normalized spacial score (nSPS) is 19.4. The van der Waals surface area contributed by atoms with Gasteiger partial charge in [0, 0.05) is 21.9 Å². The molecular formula is C33H22F3N3O4S2. The van der Waals surface area contributed by atoms with Crippen molar-refractivity contribution in [2.45, 2.75) is 28.9 Å². The molecule has 0 saturated carbocycles. The van der Waals surface area contributed by atoms with Crippen molar-refractivity contribution in [3.05, 3.63) is 123 Å². The average molecular weight is 646 g/mol. The first kappa shape index (κ1) is 29.1. The number of hydrogen-bond donors (Lipinski definition) is 1. The molecule has 2 aliphatic heterocycles. The molecular weight excluding hydrogens is 624 g/mol. The molecule has 0 spiro atoms. The maximum absolute atomic E-state index is 14.0. The number of carbonyl (C=O) groups excluding carboxylic acids is 3. The molecule has 0 aliphatic carbocycles. The van der Waals surface area contributed by atoms with Crippen LogP contribution in [0, 0.1) is 5.92 Å². The zero-order chi connectivity index (χ0) is 31.5. The number of thiazole rings is 1. The van der Waals surface area contributed by atoms with Crippen LogP contribution in [0.25, 0.3) is 10.8 Å². The van der Waals surface area contributed by atoms with Gasteiger partial charge >= 0.3 is 11.0 Å². The molecule has 2 aliphatic rings. The van der Waals surface area contributed by atoms with Crippen LogP contribution in [-0.4, -0.2) is 27.5 Å². The number of hydrogen-bond acceptors (Lipinski definition) is 6. The van der Waals surface area contributed by atoms with Crippen molar-refractivity contribution in [2.24, 2.45) is 5.92 Å². The van der Waals surface area contributed by atoms with Gasteiger partial charge in [0.25, 0.3) is 0 Å². The van der Waals surface area contributed by atoms with Crippen LogP contribution in [0.2, 0.25) is 0 Å². The van der Waals surface area contributed by atoms with Gasteiger partial charge in [0.1, 0.15) is 11.8 Å². The Hall–Kier alpha value is -4.68. The van der Waals surface area contributed by atoms with Crippen LogP contribution in [0.15, 0.2) is 107 Å². The third-order valence-electron chi connectivity index (χ3n) is 8.01. The summed E-state index contributed by atoms with van der Waals surface area (Å²) in [6.45, 7) is -0.334. The van der Waals surface area contributed by atoms with Crippen molar-refractivity contribution in [1.29, 1.82) is 0 Å². The molecule has 1 saturated heterocycles. The minimum atomic E-state index is -4.66. The second-order valence-electron chi connectivity index (χ2n) is 10.7. The van der Waals surface area contributed by atoms with Crippen LogP contribution >= 0.6 is 23.1 Å². The lowest BCUT2D eigenvalue weighted by molar-refractivity contribution is -0.137. The summed E-state index contributed by atoms with van der Waals surface area (Å²) in [4.78, 5) is 55.4. The summed E-state index contributed by atoms with van der Waals surface area (Å²) in [5.74, 6) is -3.46. The molecule has 1 N–H and O–H groups in total. The van der Waals surface area contributed by atoms with Gasteiger partial charge in [0.15, 0.2) is 0 Å². The van der Waals surface area contributed by atoms with Crippen molar-refractivity contribution in [2.75, 3.05) is 10.2 Å². The summed E-state index contributed by atoms with van der Waals surface area (Å²) < 4.78 is 41.8. The van der Waals surface area contributed by atoms with Crippen molar-refractivity contribution < 1.29 is 27.6 Å². The summed E-state index contributed by atoms with van der Waals surface area (Å²) in [5.41, 5.74) is 0.109. The van der Waals surface area contributed by atoms with Crippen molar-refractivity contribution in [1.82, 2.24) is 4.57 Å². The van der Waals surface area contributed by atoms with Gasteiger partial charge in [-0.3, -0.25) is 23.7 Å². The quantitative estimate of drug-likeness (QED) is 0.220. The molecule has 4 aromatic carbocycles. The predicted molar refractivity (Wildman–Crippen MR) is 167 cm³/mol. The number of anilines is 2. The van der Waals surface area contributed by atoms with Gasteiger partial charge in [0.05, 0.1) is 22.2 Å². The molecule has 1 aromatic heterocycles. The number of aromatic nitrogens is 1. The minimum Gasteiger partial charge on any atom is -0.324 e. The Labute approximate surface area is 262 Å². The molecule has 3 amide bonds. The van der Waals surface area contributed by atoms with E-state index < -0.39 is 51.4 Å². The number of thioether (sulfide) groups is 1. The van der Waals surface area contributed by atoms with E-state index in [1.807, 2.05) is 36.4 Å². The van der Waals surface area contributed by atoms with Gasteiger partial charge < -0.3 is 5.32 Å². The molecule has 1 fully saturated rings. The summed E-state index contributed by atoms with van der Waals surface area (Å²) in [6.07, 6.45) is -4.66. The second kappa shape index (κ2) is 11.0. The number of halogens is 3. The van der Waals surface area contributed by atoms with Crippen LogP contribution in [-0.2, 0) is 27.1 Å². The molecule has 0 unspecified atom stereocenters. The fourth-order valence-corrected chi connectivity index (χ4v) is 8.79. The molecule has 5 aromatic rings. The van der Waals surface area contributed by atoms with Crippen molar-refractivity contribution in [3.63, 3.8) is 0 Å². The number of nitrogens with one attached hydrogen (secondary N) is 1. The van der Waals surface area contributed by atoms with E-state index in [0.717, 1.165) is 57.0 Å². The van der Waals surface area contributed by atoms with E-state index in [1.165, 1.54) is 10.6 Å². The van der Waals surface area contributed by atoms with Gasteiger partial charge in [0.2, 0.25) is 17.7 Å². The summed E-state index contributed by atoms with van der Waals surface area (Å²) in [6, 6.07) is 26.1. The Kier molecular flexibility index (Phi) is 7.13. The van der Waals surface area contributed by atoms with Crippen LogP contribution in [0.4, 0.5) is 24.5 Å². The maximum Gasteiger partial charge on any atom is 0.416 e. The topological polar surface area (TPSA) is 88.5 Å². The number of fused-ring (bicyclic) bond motifs is 3. The monoisotopic (exact) mass is 645 g/mol. The van der Waals surface area contributed by atoms with Crippen LogP contribution < -0.4 is 15.1 Å². The van der Waals surface area contributed by atoms with Gasteiger partial charge in [-0.25, -0.2) is 4.90 Å². The number of rotatable bonds is 5. The Morgan fingerprint density at radius 1 is 0.844 bits per heavy atom. The summed E-state index contributed by atoms with van der Waals surface area (Å²) in [7, 11) is 0. The lowest BCUT2D eigenvalue weighted by Crippen LogP contribution is -2.33. The zero-order valence-electron chi connectivity index (χ0n) is 23.2. The van der Waals surface area contributed by atoms with Crippen LogP contribution in [0.5, 0.6) is 0 Å². The standard InChI is InChI=1S/C33H22F3N3O4S2/c34-33(35,36)20-12-7-13-21(16-20)39-29(41)26-25(19-9-2-1-3-10-19)28-31(44-27(26)30(39)42)38(32(43)45-28)17-24(40)37-23-15-6-11-18-8-4-5-14-22(18)23/h1-16,25-27H,17H2,(H,37,40)/t25-,26-,27+/m0/s1. The number of nitrogens with zero attached hydrogens (tertiary/aromatic N) is 2. The highest BCUT2D eigenvalue weighted by Crippen LogP contribution is 2.54. The third kappa shape index (κ3) is 5.03. The molecule has 45 heavy (non-hydrogen) atoms. The highest BCUT2D eigenvalue weighted by molar-refractivity contribution is 8.00. The van der Waals surface area contributed by atoms with Crippen LogP contribution in [0.1, 0.15) is 21.9 Å². The number of alkyl halides is 3. The smallest absolute Gasteiger partial charge is 0.324 e. The fourth-order valence-electron chi connectivity index (χ4n) is 6.02. The number of benzene rings is 4. The van der Waals surface area contributed by atoms with E-state index in [4.69, 9.17) is 0 Å². The first-order valence-corrected chi connectivity index (χ1v) is 15.6. The van der Waals surface area contributed by atoms with E-state index in [-0.39, 0.29) is 12.2 Å². The van der Waals surface area contributed by atoms with Gasteiger partial charge in [-0.2, -0.15) is 13.2 Å². The van der Waals surface area contributed by atoms with Gasteiger partial charge in [-0.15, -0.1) is 0 Å². The molecule has 226 valence electrons. The minimum absolute atomic E-state index is 0.170. The van der Waals surface area contributed by atoms with Crippen molar-refractivity contribution in [3.8, 4) is 0 Å². The lowest BCUT2D eigenvalue weighted by Gasteiger charge is -2.30. The average Bonchev–Trinajstić information content (AvgIpc) is 3.47. The van der Waals surface area contributed by atoms with E-state index in [0.29, 0.717) is 21.2 Å². The number of carbonyl (C=O) groups is 3. The molecule has 7 nitrogen and oxygen atoms in total. The van der Waals surface area contributed by atoms with Crippen molar-refractivity contribution >= 4 is 63.0 Å². The van der Waals surface area contributed by atoms with E-state index in [2.05, 4.69) is 5.32 Å². The van der Waals surface area contributed by atoms with E-state index >= 15 is 0 Å². The molecule has 7 rings (SSSR count). The van der Waals surface area contributed by atoms with E-state index in [9.17, 15) is 32.3 Å². The second-order valence-corrected chi connectivity index (χ2v) is 12.8. The SMILES string of the molecule is O=C(Cn1c2c(sc1=O)[C@@H](c1ccccc1)[C@@H]1C(=O)N(c3cccc(C(F)(F)F)c3)C(=O)[C@@H]1S2)Nc1cccc2ccccc12. The Morgan fingerprint density at radius 2 is 1.56 bits per heavy atom. The Bertz CT molecular complexity index is 2050. The van der Waals surface area contributed by atoms with E-state index in [1.54, 1.807) is 36.4 Å². The zero-order valence-corrected chi connectivity index (χ0v) is 24.8. The van der Waals surface area contributed by atoms with Gasteiger partial charge in [-0.05, 0) is 35.2 Å². The highest BCUT2D eigenvalue weighted by atomic mass is 32.2. The first-order valence-electron chi connectivity index (χ1n) is 13.9. The molecule has 3 heterocycles. The molecule has 12 heteroatoms. The largest absolute Gasteiger partial charge is 0.416 e. The number of amides is 3. The van der Waals surface area contributed by atoms with Gasteiger partial charge in [-0.1, -0.05) is 95.9 Å². The number of imide groups is 1. The lowest BCUT2D eigenvalue weighted by atomic mass is 9.83. The first-order chi connectivity index (χ1) is 21.6.